The molecule has 5 rings (SSSR count). The Kier molecular flexibility index (Phi) is 4.19. The molecule has 4 heteroatoms. The molecule has 4 aliphatic rings. The molecule has 0 aromatic heterocycles. The molecule has 2 atom stereocenters. The van der Waals surface area contributed by atoms with Gasteiger partial charge in [-0.05, 0) is 73.3 Å². The van der Waals surface area contributed by atoms with E-state index >= 15 is 0 Å². The van der Waals surface area contributed by atoms with Crippen LogP contribution in [0.2, 0.25) is 0 Å². The Hall–Kier alpha value is -2.75. The minimum atomic E-state index is -0.711. The second-order valence-corrected chi connectivity index (χ2v) is 9.09. The summed E-state index contributed by atoms with van der Waals surface area (Å²) in [5.74, 6) is 1.79. The van der Waals surface area contributed by atoms with E-state index < -0.39 is 5.90 Å². The van der Waals surface area contributed by atoms with Gasteiger partial charge < -0.3 is 20.2 Å². The van der Waals surface area contributed by atoms with Gasteiger partial charge in [-0.15, -0.1) is 0 Å². The van der Waals surface area contributed by atoms with Crippen LogP contribution in [0.4, 0.5) is 5.69 Å². The zero-order valence-electron chi connectivity index (χ0n) is 16.9. The van der Waals surface area contributed by atoms with Crippen LogP contribution in [0.3, 0.4) is 0 Å². The number of hydrogen-bond acceptors (Lipinski definition) is 4. The molecule has 1 aromatic carbocycles. The molecule has 1 aromatic rings. The lowest BCUT2D eigenvalue weighted by Crippen LogP contribution is -2.32. The molecule has 150 valence electrons. The summed E-state index contributed by atoms with van der Waals surface area (Å²) in [5.41, 5.74) is 4.09. The van der Waals surface area contributed by atoms with Crippen molar-refractivity contribution in [2.75, 3.05) is 18.0 Å². The number of anilines is 1. The monoisotopic (exact) mass is 387 g/mol. The second-order valence-electron chi connectivity index (χ2n) is 9.09. The molecular formula is C25H27N2O2-. The van der Waals surface area contributed by atoms with Crippen molar-refractivity contribution in [2.45, 2.75) is 32.6 Å². The van der Waals surface area contributed by atoms with Crippen molar-refractivity contribution >= 4 is 11.6 Å². The first-order chi connectivity index (χ1) is 13.9. The fourth-order valence-electron chi connectivity index (χ4n) is 5.06. The van der Waals surface area contributed by atoms with Crippen molar-refractivity contribution in [1.29, 1.82) is 5.41 Å². The summed E-state index contributed by atoms with van der Waals surface area (Å²) in [4.78, 5) is 2.35. The van der Waals surface area contributed by atoms with Crippen molar-refractivity contribution < 1.29 is 9.84 Å². The summed E-state index contributed by atoms with van der Waals surface area (Å²) in [6.45, 7) is 8.45. The zero-order chi connectivity index (χ0) is 20.2. The molecule has 1 heterocycles. The lowest BCUT2D eigenvalue weighted by Gasteiger charge is -2.33. The molecule has 0 bridgehead atoms. The van der Waals surface area contributed by atoms with Crippen LogP contribution in [-0.2, 0) is 0 Å². The normalized spacial score (nSPS) is 28.2. The van der Waals surface area contributed by atoms with Crippen molar-refractivity contribution in [1.82, 2.24) is 0 Å². The van der Waals surface area contributed by atoms with Gasteiger partial charge in [-0.2, -0.15) is 0 Å². The third-order valence-electron chi connectivity index (χ3n) is 7.00. The Morgan fingerprint density at radius 2 is 2.07 bits per heavy atom. The van der Waals surface area contributed by atoms with Crippen molar-refractivity contribution in [2.24, 2.45) is 17.3 Å². The first kappa shape index (κ1) is 18.3. The molecule has 0 radical (unpaired) electrons. The quantitative estimate of drug-likeness (QED) is 0.618. The van der Waals surface area contributed by atoms with Crippen LogP contribution < -0.4 is 14.7 Å². The molecule has 2 unspecified atom stereocenters. The Balaban J connectivity index is 1.43. The molecule has 3 aliphatic carbocycles. The predicted octanol–water partition coefficient (Wildman–Crippen LogP) is 4.33. The van der Waals surface area contributed by atoms with E-state index in [-0.39, 0.29) is 5.41 Å². The van der Waals surface area contributed by atoms with Crippen LogP contribution in [0.5, 0.6) is 5.75 Å². The molecule has 2 fully saturated rings. The van der Waals surface area contributed by atoms with E-state index in [0.29, 0.717) is 17.2 Å². The fourth-order valence-corrected chi connectivity index (χ4v) is 5.06. The summed E-state index contributed by atoms with van der Waals surface area (Å²) < 4.78 is 6.23. The lowest BCUT2D eigenvalue weighted by molar-refractivity contribution is -0.214. The maximum absolute atomic E-state index is 11.9. The Morgan fingerprint density at radius 1 is 1.28 bits per heavy atom. The molecule has 1 spiro atoms. The van der Waals surface area contributed by atoms with E-state index in [0.717, 1.165) is 43.3 Å². The van der Waals surface area contributed by atoms with Crippen molar-refractivity contribution in [3.63, 3.8) is 0 Å². The predicted molar refractivity (Wildman–Crippen MR) is 114 cm³/mol. The first-order valence-electron chi connectivity index (χ1n) is 10.6. The van der Waals surface area contributed by atoms with Crippen molar-refractivity contribution in [3.8, 4) is 5.75 Å². The molecular weight excluding hydrogens is 360 g/mol. The minimum Gasteiger partial charge on any atom is -0.859 e. The summed E-state index contributed by atoms with van der Waals surface area (Å²) >= 11 is 0. The largest absolute Gasteiger partial charge is 0.859 e. The highest BCUT2D eigenvalue weighted by molar-refractivity contribution is 5.92. The number of allylic oxidation sites excluding steroid dienone is 6. The highest BCUT2D eigenvalue weighted by atomic mass is 16.5. The van der Waals surface area contributed by atoms with Gasteiger partial charge in [-0.3, -0.25) is 0 Å². The lowest BCUT2D eigenvalue weighted by atomic mass is 9.79. The Bertz CT molecular complexity index is 979. The summed E-state index contributed by atoms with van der Waals surface area (Å²) in [6, 6.07) is 5.62. The summed E-state index contributed by atoms with van der Waals surface area (Å²) in [5, 5.41) is 19.5. The van der Waals surface area contributed by atoms with Crippen LogP contribution in [-0.4, -0.2) is 19.0 Å². The van der Waals surface area contributed by atoms with Gasteiger partial charge in [-0.25, -0.2) is 0 Å². The van der Waals surface area contributed by atoms with Crippen LogP contribution in [0.1, 0.15) is 38.2 Å². The highest BCUT2D eigenvalue weighted by Gasteiger charge is 2.57. The molecule has 29 heavy (non-hydrogen) atoms. The Morgan fingerprint density at radius 3 is 2.83 bits per heavy atom. The number of nitrogens with zero attached hydrogens (tertiary/aromatic N) is 1. The van der Waals surface area contributed by atoms with Crippen molar-refractivity contribution in [3.05, 3.63) is 71.6 Å². The van der Waals surface area contributed by atoms with E-state index in [1.165, 1.54) is 24.0 Å². The molecule has 1 N–H and O–H groups in total. The second kappa shape index (κ2) is 6.65. The van der Waals surface area contributed by atoms with Gasteiger partial charge in [0, 0.05) is 35.8 Å². The zero-order valence-corrected chi connectivity index (χ0v) is 16.9. The van der Waals surface area contributed by atoms with E-state index in [9.17, 15) is 5.11 Å². The van der Waals surface area contributed by atoms with Crippen LogP contribution >= 0.6 is 0 Å². The average molecular weight is 388 g/mol. The molecule has 1 saturated carbocycles. The van der Waals surface area contributed by atoms with Crippen LogP contribution in [0, 0.1) is 22.7 Å². The maximum Gasteiger partial charge on any atom is 0.137 e. The number of nitrogens with one attached hydrogen (secondary N) is 1. The molecule has 1 saturated heterocycles. The number of hydrogen-bond donors (Lipinski definition) is 1. The van der Waals surface area contributed by atoms with Gasteiger partial charge in [0.05, 0.1) is 0 Å². The van der Waals surface area contributed by atoms with Gasteiger partial charge in [0.15, 0.2) is 0 Å². The number of piperidine rings is 1. The van der Waals surface area contributed by atoms with Gasteiger partial charge in [0.1, 0.15) is 11.5 Å². The van der Waals surface area contributed by atoms with Gasteiger partial charge in [0.2, 0.25) is 0 Å². The fraction of sp³-hybridized carbons (Fsp3) is 0.400. The van der Waals surface area contributed by atoms with Crippen LogP contribution in [0.25, 0.3) is 0 Å². The van der Waals surface area contributed by atoms with E-state index in [1.54, 1.807) is 6.07 Å². The SMILES string of the molecule is C=C1C=CC2=CC(Oc3cc(N4CCC(C)CC4)ccc3C(=N)[O-])=CC3CC23C1. The number of benzene rings is 1. The maximum atomic E-state index is 11.9. The Labute approximate surface area is 172 Å². The molecule has 1 aliphatic heterocycles. The number of ether oxygens (including phenoxy) is 1. The third kappa shape index (κ3) is 3.21. The van der Waals surface area contributed by atoms with E-state index in [1.807, 2.05) is 12.1 Å². The van der Waals surface area contributed by atoms with E-state index in [2.05, 4.69) is 42.7 Å². The average Bonchev–Trinajstić information content (AvgIpc) is 3.39. The van der Waals surface area contributed by atoms with Gasteiger partial charge >= 0.3 is 0 Å². The minimum absolute atomic E-state index is 0.221. The highest BCUT2D eigenvalue weighted by Crippen LogP contribution is 2.66. The molecule has 0 amide bonds. The smallest absolute Gasteiger partial charge is 0.137 e. The number of rotatable bonds is 4. The summed E-state index contributed by atoms with van der Waals surface area (Å²) in [6.07, 6.45) is 13.0. The first-order valence-corrected chi connectivity index (χ1v) is 10.6. The standard InChI is InChI=1S/C25H28N2O2/c1-16-7-9-27(10-8-16)20-5-6-22(24(26)28)23(13-20)29-21-11-18-4-3-17(2)14-25(18)15-19(25)12-21/h3-6,11-13,16,19H,2,7-10,14-15H2,1H3,(H2,26,28)/p-1. The topological polar surface area (TPSA) is 59.4 Å². The van der Waals surface area contributed by atoms with Gasteiger partial charge in [0.25, 0.3) is 0 Å². The summed E-state index contributed by atoms with van der Waals surface area (Å²) in [7, 11) is 0. The molecule has 4 nitrogen and oxygen atoms in total. The van der Waals surface area contributed by atoms with Gasteiger partial charge in [-0.1, -0.05) is 31.2 Å². The van der Waals surface area contributed by atoms with E-state index in [4.69, 9.17) is 10.1 Å². The van der Waals surface area contributed by atoms with Crippen LogP contribution in [0.15, 0.2) is 66.0 Å². The third-order valence-corrected chi connectivity index (χ3v) is 7.00.